The second-order valence-electron chi connectivity index (χ2n) is 11.9. The number of Topliss-reactive ketones (excluding diaryl/α,β-unsaturated/α-hetero) is 1. The number of aliphatic carboxylic acids is 1. The fourth-order valence-corrected chi connectivity index (χ4v) is 8.57. The summed E-state index contributed by atoms with van der Waals surface area (Å²) in [5.41, 5.74) is 0.00747. The third-order valence-electron chi connectivity index (χ3n) is 9.07. The third-order valence-corrected chi connectivity index (χ3v) is 10.6. The van der Waals surface area contributed by atoms with Crippen LogP contribution >= 0.6 is 0 Å². The van der Waals surface area contributed by atoms with Crippen molar-refractivity contribution in [2.75, 3.05) is 11.1 Å². The Morgan fingerprint density at radius 2 is 1.88 bits per heavy atom. The summed E-state index contributed by atoms with van der Waals surface area (Å²) in [4.78, 5) is 49.7. The first-order valence-corrected chi connectivity index (χ1v) is 15.5. The van der Waals surface area contributed by atoms with Gasteiger partial charge in [0, 0.05) is 11.8 Å². The van der Waals surface area contributed by atoms with Gasteiger partial charge in [-0.1, -0.05) is 50.2 Å². The van der Waals surface area contributed by atoms with Crippen LogP contribution in [0.1, 0.15) is 50.7 Å². The van der Waals surface area contributed by atoms with Gasteiger partial charge in [0.2, 0.25) is 10.0 Å². The standard InChI is InChI=1S/C30H34N2O9S/c1-29(2)20-10-11-30(29,25(33)14-20)17-42(38,39)32-22(28(37)40-16-18-6-4-3-5-7-18)13-19-8-9-23-21(12-19)31-27(36)24(41-23)15-26(34)35/h3-9,12,20,22,24,32H,10-11,13-17H2,1-2H3,(H,31,36)(H,34,35)/t20?,22-,24?,30-/m0/s1. The largest absolute Gasteiger partial charge is 0.481 e. The Hall–Kier alpha value is -3.77. The van der Waals surface area contributed by atoms with Crippen molar-refractivity contribution < 1.29 is 42.2 Å². The predicted molar refractivity (Wildman–Crippen MR) is 151 cm³/mol. The summed E-state index contributed by atoms with van der Waals surface area (Å²) in [6, 6.07) is 12.3. The van der Waals surface area contributed by atoms with Crippen LogP contribution in [0.4, 0.5) is 5.69 Å². The number of hydrogen-bond donors (Lipinski definition) is 3. The maximum Gasteiger partial charge on any atom is 0.324 e. The van der Waals surface area contributed by atoms with Gasteiger partial charge < -0.3 is 19.9 Å². The normalized spacial score (nSPS) is 24.8. The molecule has 2 saturated carbocycles. The summed E-state index contributed by atoms with van der Waals surface area (Å²) in [5, 5.41) is 11.6. The van der Waals surface area contributed by atoms with Gasteiger partial charge in [0.25, 0.3) is 5.91 Å². The van der Waals surface area contributed by atoms with E-state index in [9.17, 15) is 27.6 Å². The maximum atomic E-state index is 13.6. The Morgan fingerprint density at radius 1 is 1.14 bits per heavy atom. The van der Waals surface area contributed by atoms with Gasteiger partial charge in [-0.25, -0.2) is 13.1 Å². The molecule has 4 atom stereocenters. The molecular weight excluding hydrogens is 564 g/mol. The van der Waals surface area contributed by atoms with Gasteiger partial charge in [-0.3, -0.25) is 19.2 Å². The van der Waals surface area contributed by atoms with E-state index < -0.39 is 63.0 Å². The Balaban J connectivity index is 1.37. The quantitative estimate of drug-likeness (QED) is 0.330. The van der Waals surface area contributed by atoms with E-state index in [0.717, 1.165) is 12.0 Å². The summed E-state index contributed by atoms with van der Waals surface area (Å²) >= 11 is 0. The van der Waals surface area contributed by atoms with Gasteiger partial charge >= 0.3 is 11.9 Å². The van der Waals surface area contributed by atoms with E-state index >= 15 is 0 Å². The Kier molecular flexibility index (Phi) is 7.88. The molecule has 2 aliphatic carbocycles. The van der Waals surface area contributed by atoms with Gasteiger partial charge in [0.05, 0.1) is 17.9 Å². The molecule has 0 radical (unpaired) electrons. The molecule has 1 heterocycles. The smallest absolute Gasteiger partial charge is 0.324 e. The van der Waals surface area contributed by atoms with Crippen LogP contribution in [0.3, 0.4) is 0 Å². The molecule has 2 unspecified atom stereocenters. The molecule has 0 aromatic heterocycles. The molecular formula is C30H34N2O9S. The van der Waals surface area contributed by atoms with E-state index in [0.29, 0.717) is 18.4 Å². The predicted octanol–water partition coefficient (Wildman–Crippen LogP) is 2.83. The number of fused-ring (bicyclic) bond motifs is 3. The van der Waals surface area contributed by atoms with Crippen molar-refractivity contribution in [3.63, 3.8) is 0 Å². The summed E-state index contributed by atoms with van der Waals surface area (Å²) < 4.78 is 40.7. The van der Waals surface area contributed by atoms with Crippen molar-refractivity contribution in [1.82, 2.24) is 4.72 Å². The van der Waals surface area contributed by atoms with Crippen molar-refractivity contribution >= 4 is 39.3 Å². The highest BCUT2D eigenvalue weighted by atomic mass is 32.2. The zero-order chi connectivity index (χ0) is 30.3. The number of carboxylic acids is 1. The van der Waals surface area contributed by atoms with Crippen LogP contribution < -0.4 is 14.8 Å². The SMILES string of the molecule is CC1(C)C2CC[C@]1(CS(=O)(=O)N[C@@H](Cc1ccc3c(c1)NC(=O)C(CC(=O)O)O3)C(=O)OCc1ccccc1)C(=O)C2. The number of sulfonamides is 1. The average molecular weight is 599 g/mol. The fraction of sp³-hybridized carbons (Fsp3) is 0.467. The van der Waals surface area contributed by atoms with Crippen LogP contribution in [0.25, 0.3) is 0 Å². The molecule has 3 N–H and O–H groups in total. The molecule has 42 heavy (non-hydrogen) atoms. The van der Waals surface area contributed by atoms with Crippen molar-refractivity contribution in [2.24, 2.45) is 16.7 Å². The number of carboxylic acid groups (broad SMARTS) is 1. The number of benzene rings is 2. The number of ketones is 1. The first kappa shape index (κ1) is 29.7. The molecule has 12 heteroatoms. The van der Waals surface area contributed by atoms with Crippen LogP contribution in [-0.2, 0) is 47.0 Å². The number of rotatable bonds is 11. The number of nitrogens with one attached hydrogen (secondary N) is 2. The minimum absolute atomic E-state index is 0.0519. The van der Waals surface area contributed by atoms with Crippen LogP contribution in [0.2, 0.25) is 0 Å². The van der Waals surface area contributed by atoms with Crippen molar-refractivity contribution in [1.29, 1.82) is 0 Å². The number of anilines is 1. The maximum absolute atomic E-state index is 13.6. The molecule has 1 aliphatic heterocycles. The van der Waals surface area contributed by atoms with Gasteiger partial charge in [-0.05, 0) is 53.9 Å². The lowest BCUT2D eigenvalue weighted by molar-refractivity contribution is -0.147. The lowest BCUT2D eigenvalue weighted by atomic mass is 9.70. The monoisotopic (exact) mass is 598 g/mol. The highest BCUT2D eigenvalue weighted by Gasteiger charge is 2.65. The molecule has 2 bridgehead atoms. The molecule has 0 saturated heterocycles. The number of amides is 1. The minimum Gasteiger partial charge on any atom is -0.481 e. The average Bonchev–Trinajstić information content (AvgIpc) is 3.26. The molecule has 2 aromatic carbocycles. The summed E-state index contributed by atoms with van der Waals surface area (Å²) in [7, 11) is -4.13. The van der Waals surface area contributed by atoms with E-state index in [4.69, 9.17) is 14.6 Å². The molecule has 11 nitrogen and oxygen atoms in total. The van der Waals surface area contributed by atoms with Crippen LogP contribution in [0, 0.1) is 16.7 Å². The lowest BCUT2D eigenvalue weighted by Crippen LogP contribution is -2.50. The van der Waals surface area contributed by atoms with Crippen LogP contribution in [0.15, 0.2) is 48.5 Å². The van der Waals surface area contributed by atoms with Crippen LogP contribution in [-0.4, -0.2) is 55.1 Å². The lowest BCUT2D eigenvalue weighted by Gasteiger charge is -2.36. The molecule has 5 rings (SSSR count). The first-order chi connectivity index (χ1) is 19.8. The number of carbonyl (C=O) groups is 4. The second kappa shape index (κ2) is 11.1. The highest BCUT2D eigenvalue weighted by molar-refractivity contribution is 7.89. The summed E-state index contributed by atoms with van der Waals surface area (Å²) in [5.74, 6) is -2.68. The zero-order valence-electron chi connectivity index (χ0n) is 23.4. The molecule has 2 fully saturated rings. The van der Waals surface area contributed by atoms with E-state index in [2.05, 4.69) is 10.0 Å². The third kappa shape index (κ3) is 5.78. The molecule has 2 aromatic rings. The van der Waals surface area contributed by atoms with Crippen molar-refractivity contribution in [3.05, 3.63) is 59.7 Å². The summed E-state index contributed by atoms with van der Waals surface area (Å²) in [6.45, 7) is 3.83. The topological polar surface area (TPSA) is 165 Å². The van der Waals surface area contributed by atoms with E-state index in [-0.39, 0.29) is 36.2 Å². The van der Waals surface area contributed by atoms with E-state index in [1.54, 1.807) is 36.4 Å². The van der Waals surface area contributed by atoms with Crippen molar-refractivity contribution in [2.45, 2.75) is 64.7 Å². The summed E-state index contributed by atoms with van der Waals surface area (Å²) in [6.07, 6.45) is -0.173. The fourth-order valence-electron chi connectivity index (χ4n) is 6.55. The van der Waals surface area contributed by atoms with Gasteiger partial charge in [0.1, 0.15) is 24.2 Å². The molecule has 0 spiro atoms. The number of hydrogen-bond acceptors (Lipinski definition) is 8. The van der Waals surface area contributed by atoms with Gasteiger partial charge in [0.15, 0.2) is 6.10 Å². The zero-order valence-corrected chi connectivity index (χ0v) is 24.2. The van der Waals surface area contributed by atoms with Gasteiger partial charge in [-0.15, -0.1) is 0 Å². The van der Waals surface area contributed by atoms with Crippen LogP contribution in [0.5, 0.6) is 5.75 Å². The molecule has 1 amide bonds. The van der Waals surface area contributed by atoms with E-state index in [1.807, 2.05) is 19.9 Å². The Labute approximate surface area is 244 Å². The molecule has 224 valence electrons. The minimum atomic E-state index is -4.13. The molecule has 3 aliphatic rings. The first-order valence-electron chi connectivity index (χ1n) is 13.9. The Morgan fingerprint density at radius 3 is 2.52 bits per heavy atom. The number of esters is 1. The second-order valence-corrected chi connectivity index (χ2v) is 13.7. The Bertz CT molecular complexity index is 1520. The van der Waals surface area contributed by atoms with Gasteiger partial charge in [-0.2, -0.15) is 0 Å². The number of ether oxygens (including phenoxy) is 2. The highest BCUT2D eigenvalue weighted by Crippen LogP contribution is 2.64. The number of carbonyl (C=O) groups excluding carboxylic acids is 3. The van der Waals surface area contributed by atoms with E-state index in [1.165, 1.54) is 6.07 Å². The van der Waals surface area contributed by atoms with Crippen molar-refractivity contribution in [3.8, 4) is 5.75 Å².